The van der Waals surface area contributed by atoms with Crippen LogP contribution in [-0.4, -0.2) is 30.6 Å². The zero-order valence-electron chi connectivity index (χ0n) is 11.0. The number of hydrogen-bond donors (Lipinski definition) is 1. The Hall–Kier alpha value is -0.450. The van der Waals surface area contributed by atoms with Gasteiger partial charge in [-0.3, -0.25) is 4.90 Å². The summed E-state index contributed by atoms with van der Waals surface area (Å²) in [7, 11) is 0. The second-order valence-corrected chi connectivity index (χ2v) is 6.58. The summed E-state index contributed by atoms with van der Waals surface area (Å²) in [6.45, 7) is 4.28. The highest BCUT2D eigenvalue weighted by atomic mass is 79.9. The highest BCUT2D eigenvalue weighted by Gasteiger charge is 2.33. The van der Waals surface area contributed by atoms with E-state index in [1.807, 2.05) is 6.07 Å². The Kier molecular flexibility index (Phi) is 4.20. The van der Waals surface area contributed by atoms with E-state index in [1.54, 1.807) is 12.1 Å². The molecular weight excluding hydrogens is 307 g/mol. The lowest BCUT2D eigenvalue weighted by Crippen LogP contribution is -2.39. The maximum Gasteiger partial charge on any atom is 0.124 e. The number of nitrogens with one attached hydrogen (secondary N) is 1. The maximum atomic E-state index is 13.1. The van der Waals surface area contributed by atoms with E-state index in [2.05, 4.69) is 26.1 Å². The van der Waals surface area contributed by atoms with Crippen molar-refractivity contribution < 1.29 is 4.39 Å². The Labute approximate surface area is 122 Å². The molecule has 1 aliphatic heterocycles. The molecule has 0 spiro atoms. The number of nitrogens with zero attached hydrogens (tertiary/aromatic N) is 1. The van der Waals surface area contributed by atoms with E-state index < -0.39 is 0 Å². The van der Waals surface area contributed by atoms with E-state index in [0.717, 1.165) is 36.6 Å². The molecule has 1 N–H and O–H groups in total. The van der Waals surface area contributed by atoms with Crippen LogP contribution in [0, 0.1) is 11.7 Å². The molecule has 3 rings (SSSR count). The molecule has 1 saturated carbocycles. The Morgan fingerprint density at radius 1 is 1.37 bits per heavy atom. The summed E-state index contributed by atoms with van der Waals surface area (Å²) < 4.78 is 14.0. The molecule has 1 atom stereocenters. The van der Waals surface area contributed by atoms with Crippen LogP contribution in [0.5, 0.6) is 0 Å². The van der Waals surface area contributed by atoms with Gasteiger partial charge in [-0.25, -0.2) is 4.39 Å². The summed E-state index contributed by atoms with van der Waals surface area (Å²) in [5, 5.41) is 3.67. The SMILES string of the molecule is Fc1ccc(CN2CCCNC(C3CC3)C2)c(Br)c1. The van der Waals surface area contributed by atoms with Crippen LogP contribution in [0.15, 0.2) is 22.7 Å². The van der Waals surface area contributed by atoms with Crippen LogP contribution in [-0.2, 0) is 6.54 Å². The first-order valence-corrected chi connectivity index (χ1v) is 7.91. The van der Waals surface area contributed by atoms with Gasteiger partial charge in [-0.15, -0.1) is 0 Å². The average molecular weight is 327 g/mol. The van der Waals surface area contributed by atoms with Crippen molar-refractivity contribution in [2.75, 3.05) is 19.6 Å². The van der Waals surface area contributed by atoms with Crippen LogP contribution in [0.4, 0.5) is 4.39 Å². The van der Waals surface area contributed by atoms with E-state index in [0.29, 0.717) is 6.04 Å². The molecule has 2 fully saturated rings. The predicted octanol–water partition coefficient (Wildman–Crippen LogP) is 3.16. The third-order valence-corrected chi connectivity index (χ3v) is 4.85. The van der Waals surface area contributed by atoms with Crippen LogP contribution in [0.25, 0.3) is 0 Å². The predicted molar refractivity (Wildman–Crippen MR) is 78.5 cm³/mol. The van der Waals surface area contributed by atoms with Crippen molar-refractivity contribution in [2.24, 2.45) is 5.92 Å². The van der Waals surface area contributed by atoms with E-state index in [1.165, 1.54) is 24.8 Å². The van der Waals surface area contributed by atoms with Crippen LogP contribution >= 0.6 is 15.9 Å². The second-order valence-electron chi connectivity index (χ2n) is 5.72. The normalized spacial score (nSPS) is 25.3. The van der Waals surface area contributed by atoms with Crippen LogP contribution in [0.3, 0.4) is 0 Å². The van der Waals surface area contributed by atoms with Gasteiger partial charge >= 0.3 is 0 Å². The van der Waals surface area contributed by atoms with E-state index in [-0.39, 0.29) is 5.82 Å². The number of rotatable bonds is 3. The maximum absolute atomic E-state index is 13.1. The van der Waals surface area contributed by atoms with Gasteiger partial charge in [-0.1, -0.05) is 22.0 Å². The van der Waals surface area contributed by atoms with Gasteiger partial charge < -0.3 is 5.32 Å². The van der Waals surface area contributed by atoms with Crippen LogP contribution in [0.2, 0.25) is 0 Å². The van der Waals surface area contributed by atoms with Gasteiger partial charge in [0.05, 0.1) is 0 Å². The molecule has 0 radical (unpaired) electrons. The molecule has 0 amide bonds. The van der Waals surface area contributed by atoms with Crippen molar-refractivity contribution in [3.63, 3.8) is 0 Å². The number of benzene rings is 1. The van der Waals surface area contributed by atoms with Gasteiger partial charge in [0, 0.05) is 23.6 Å². The molecule has 19 heavy (non-hydrogen) atoms. The molecule has 2 aliphatic rings. The highest BCUT2D eigenvalue weighted by Crippen LogP contribution is 2.33. The molecule has 0 bridgehead atoms. The molecule has 2 nitrogen and oxygen atoms in total. The van der Waals surface area contributed by atoms with Gasteiger partial charge in [0.1, 0.15) is 5.82 Å². The quantitative estimate of drug-likeness (QED) is 0.917. The first kappa shape index (κ1) is 13.5. The summed E-state index contributed by atoms with van der Waals surface area (Å²) in [5.41, 5.74) is 1.18. The monoisotopic (exact) mass is 326 g/mol. The van der Waals surface area contributed by atoms with E-state index >= 15 is 0 Å². The summed E-state index contributed by atoms with van der Waals surface area (Å²) >= 11 is 3.47. The van der Waals surface area contributed by atoms with E-state index in [4.69, 9.17) is 0 Å². The van der Waals surface area contributed by atoms with Crippen molar-refractivity contribution in [3.8, 4) is 0 Å². The molecule has 4 heteroatoms. The smallest absolute Gasteiger partial charge is 0.124 e. The topological polar surface area (TPSA) is 15.3 Å². The molecule has 1 saturated heterocycles. The van der Waals surface area contributed by atoms with Gasteiger partial charge in [-0.2, -0.15) is 0 Å². The molecule has 1 aromatic carbocycles. The fourth-order valence-corrected chi connectivity index (χ4v) is 3.35. The van der Waals surface area contributed by atoms with E-state index in [9.17, 15) is 4.39 Å². The summed E-state index contributed by atoms with van der Waals surface area (Å²) in [6.07, 6.45) is 3.96. The summed E-state index contributed by atoms with van der Waals surface area (Å²) in [5.74, 6) is 0.710. The number of hydrogen-bond acceptors (Lipinski definition) is 2. The molecule has 1 aliphatic carbocycles. The third-order valence-electron chi connectivity index (χ3n) is 4.11. The van der Waals surface area contributed by atoms with Gasteiger partial charge in [0.15, 0.2) is 0 Å². The molecule has 1 heterocycles. The molecule has 104 valence electrons. The molecule has 1 aromatic rings. The fraction of sp³-hybridized carbons (Fsp3) is 0.600. The molecule has 0 aromatic heterocycles. The lowest BCUT2D eigenvalue weighted by Gasteiger charge is -2.24. The van der Waals surface area contributed by atoms with Crippen LogP contribution in [0.1, 0.15) is 24.8 Å². The molecular formula is C15H20BrFN2. The fourth-order valence-electron chi connectivity index (χ4n) is 2.87. The average Bonchev–Trinajstić information content (AvgIpc) is 3.19. The summed E-state index contributed by atoms with van der Waals surface area (Å²) in [4.78, 5) is 2.50. The Morgan fingerprint density at radius 3 is 2.95 bits per heavy atom. The van der Waals surface area contributed by atoms with Crippen molar-refractivity contribution in [2.45, 2.75) is 31.8 Å². The third kappa shape index (κ3) is 3.56. The number of halogens is 2. The Bertz CT molecular complexity index is 448. The largest absolute Gasteiger partial charge is 0.312 e. The minimum absolute atomic E-state index is 0.177. The lowest BCUT2D eigenvalue weighted by atomic mass is 10.1. The summed E-state index contributed by atoms with van der Waals surface area (Å²) in [6, 6.07) is 5.66. The van der Waals surface area contributed by atoms with Crippen molar-refractivity contribution in [1.82, 2.24) is 10.2 Å². The zero-order valence-corrected chi connectivity index (χ0v) is 12.6. The Balaban J connectivity index is 1.66. The second kappa shape index (κ2) is 5.90. The first-order valence-electron chi connectivity index (χ1n) is 7.12. The van der Waals surface area contributed by atoms with Gasteiger partial charge in [0.25, 0.3) is 0 Å². The van der Waals surface area contributed by atoms with Gasteiger partial charge in [-0.05, 0) is 56.0 Å². The van der Waals surface area contributed by atoms with Crippen LogP contribution < -0.4 is 5.32 Å². The van der Waals surface area contributed by atoms with Crippen molar-refractivity contribution in [3.05, 3.63) is 34.1 Å². The molecule has 1 unspecified atom stereocenters. The van der Waals surface area contributed by atoms with Crippen molar-refractivity contribution in [1.29, 1.82) is 0 Å². The standard InChI is InChI=1S/C15H20BrFN2/c16-14-8-13(17)5-4-12(14)9-19-7-1-6-18-15(10-19)11-2-3-11/h4-5,8,11,15,18H,1-3,6-7,9-10H2. The highest BCUT2D eigenvalue weighted by molar-refractivity contribution is 9.10. The minimum Gasteiger partial charge on any atom is -0.312 e. The first-order chi connectivity index (χ1) is 9.22. The van der Waals surface area contributed by atoms with Gasteiger partial charge in [0.2, 0.25) is 0 Å². The van der Waals surface area contributed by atoms with Crippen molar-refractivity contribution >= 4 is 15.9 Å². The Morgan fingerprint density at radius 2 is 2.21 bits per heavy atom. The minimum atomic E-state index is -0.177. The zero-order chi connectivity index (χ0) is 13.2. The lowest BCUT2D eigenvalue weighted by molar-refractivity contribution is 0.250.